The zero-order chi connectivity index (χ0) is 11.2. The molecule has 0 fully saturated rings. The van der Waals surface area contributed by atoms with E-state index in [9.17, 15) is 14.4 Å². The lowest BCUT2D eigenvalue weighted by Crippen LogP contribution is -2.56. The predicted octanol–water partition coefficient (Wildman–Crippen LogP) is -1.04. The number of nitrogens with two attached hydrogens (primary N) is 1. The molecule has 0 heterocycles. The quantitative estimate of drug-likeness (QED) is 0.512. The molecule has 2 unspecified atom stereocenters. The first-order valence-corrected chi connectivity index (χ1v) is 3.98. The van der Waals surface area contributed by atoms with E-state index in [0.29, 0.717) is 12.6 Å². The van der Waals surface area contributed by atoms with Crippen molar-refractivity contribution in [1.29, 1.82) is 0 Å². The van der Waals surface area contributed by atoms with Crippen LogP contribution >= 0.6 is 0 Å². The number of carboxylic acids is 1. The maximum Gasteiger partial charge on any atom is 0.338 e. The number of rotatable bonds is 7. The van der Waals surface area contributed by atoms with Crippen LogP contribution in [0.15, 0.2) is 0 Å². The fraction of sp³-hybridized carbons (Fsp3) is 0.625. The van der Waals surface area contributed by atoms with Gasteiger partial charge in [-0.05, 0) is 6.42 Å². The third-order valence-electron chi connectivity index (χ3n) is 2.04. The average molecular weight is 203 g/mol. The molecule has 0 aliphatic heterocycles. The number of carbonyl (C=O) groups excluding carboxylic acids is 2. The average Bonchev–Trinajstić information content (AvgIpc) is 2.18. The van der Waals surface area contributed by atoms with Gasteiger partial charge in [-0.25, -0.2) is 4.79 Å². The van der Waals surface area contributed by atoms with Gasteiger partial charge in [0.25, 0.3) is 0 Å². The Kier molecular flexibility index (Phi) is 4.96. The number of carboxylic acid groups (broad SMARTS) is 1. The number of carbonyl (C=O) groups is 3. The highest BCUT2D eigenvalue weighted by Crippen LogP contribution is 2.20. The van der Waals surface area contributed by atoms with Crippen LogP contribution in [0.2, 0.25) is 0 Å². The summed E-state index contributed by atoms with van der Waals surface area (Å²) >= 11 is 0. The molecular formula is C8H13NO5. The van der Waals surface area contributed by atoms with Crippen LogP contribution in [0.4, 0.5) is 0 Å². The molecule has 0 amide bonds. The summed E-state index contributed by atoms with van der Waals surface area (Å²) in [5, 5.41) is 8.87. The van der Waals surface area contributed by atoms with Gasteiger partial charge in [0.2, 0.25) is 0 Å². The standard InChI is InChI=1S/C8H13NO5/c1-14-8(7(12)13,3-2-4-10)6(9)5-11/h4-6H,2-3,9H2,1H3,(H,12,13). The Hall–Kier alpha value is -1.27. The molecule has 0 bridgehead atoms. The molecule has 0 radical (unpaired) electrons. The first-order valence-electron chi connectivity index (χ1n) is 3.98. The van der Waals surface area contributed by atoms with Gasteiger partial charge in [0, 0.05) is 13.5 Å². The number of hydrogen-bond acceptors (Lipinski definition) is 5. The highest BCUT2D eigenvalue weighted by atomic mass is 16.5. The van der Waals surface area contributed by atoms with Crippen molar-refractivity contribution >= 4 is 18.5 Å². The first kappa shape index (κ1) is 12.7. The van der Waals surface area contributed by atoms with Gasteiger partial charge in [0.15, 0.2) is 5.60 Å². The summed E-state index contributed by atoms with van der Waals surface area (Å²) in [5.74, 6) is -1.35. The lowest BCUT2D eigenvalue weighted by molar-refractivity contribution is -0.167. The smallest absolute Gasteiger partial charge is 0.338 e. The van der Waals surface area contributed by atoms with Crippen molar-refractivity contribution < 1.29 is 24.2 Å². The molecule has 0 rings (SSSR count). The van der Waals surface area contributed by atoms with E-state index in [-0.39, 0.29) is 12.8 Å². The van der Waals surface area contributed by atoms with Crippen molar-refractivity contribution in [3.05, 3.63) is 0 Å². The molecule has 0 aromatic carbocycles. The van der Waals surface area contributed by atoms with Gasteiger partial charge in [-0.2, -0.15) is 0 Å². The van der Waals surface area contributed by atoms with Crippen LogP contribution in [0.25, 0.3) is 0 Å². The predicted molar refractivity (Wildman–Crippen MR) is 46.7 cm³/mol. The summed E-state index contributed by atoms with van der Waals surface area (Å²) in [5.41, 5.74) is 3.51. The number of hydrogen-bond donors (Lipinski definition) is 2. The molecule has 6 heteroatoms. The van der Waals surface area contributed by atoms with Gasteiger partial charge in [0.05, 0.1) is 0 Å². The molecule has 0 aromatic rings. The van der Waals surface area contributed by atoms with E-state index in [4.69, 9.17) is 15.6 Å². The molecule has 2 atom stereocenters. The van der Waals surface area contributed by atoms with Crippen LogP contribution in [-0.2, 0) is 19.1 Å². The second-order valence-electron chi connectivity index (χ2n) is 2.77. The monoisotopic (exact) mass is 203 g/mol. The Balaban J connectivity index is 4.86. The minimum atomic E-state index is -1.80. The minimum Gasteiger partial charge on any atom is -0.479 e. The number of methoxy groups -OCH3 is 1. The Morgan fingerprint density at radius 2 is 2.21 bits per heavy atom. The Labute approximate surface area is 81.0 Å². The van der Waals surface area contributed by atoms with Crippen molar-refractivity contribution in [2.24, 2.45) is 5.73 Å². The van der Waals surface area contributed by atoms with Gasteiger partial charge in [-0.3, -0.25) is 0 Å². The van der Waals surface area contributed by atoms with Gasteiger partial charge < -0.3 is 25.2 Å². The van der Waals surface area contributed by atoms with Crippen molar-refractivity contribution in [3.8, 4) is 0 Å². The molecule has 0 aromatic heterocycles. The highest BCUT2D eigenvalue weighted by molar-refractivity contribution is 5.84. The van der Waals surface area contributed by atoms with Gasteiger partial charge in [-0.15, -0.1) is 0 Å². The van der Waals surface area contributed by atoms with Crippen LogP contribution in [0.1, 0.15) is 12.8 Å². The largest absolute Gasteiger partial charge is 0.479 e. The normalized spacial score (nSPS) is 16.7. The van der Waals surface area contributed by atoms with Crippen molar-refractivity contribution in [2.75, 3.05) is 7.11 Å². The van der Waals surface area contributed by atoms with Crippen LogP contribution in [0.3, 0.4) is 0 Å². The topological polar surface area (TPSA) is 107 Å². The SMILES string of the molecule is COC(CCC=O)(C(=O)O)C(N)C=O. The van der Waals surface area contributed by atoms with Crippen molar-refractivity contribution in [2.45, 2.75) is 24.5 Å². The zero-order valence-electron chi connectivity index (χ0n) is 7.80. The van der Waals surface area contributed by atoms with E-state index >= 15 is 0 Å². The third-order valence-corrected chi connectivity index (χ3v) is 2.04. The lowest BCUT2D eigenvalue weighted by Gasteiger charge is -2.29. The van der Waals surface area contributed by atoms with Crippen LogP contribution in [0, 0.1) is 0 Å². The highest BCUT2D eigenvalue weighted by Gasteiger charge is 2.44. The Bertz CT molecular complexity index is 230. The summed E-state index contributed by atoms with van der Waals surface area (Å²) < 4.78 is 4.74. The Morgan fingerprint density at radius 1 is 1.64 bits per heavy atom. The molecule has 0 aliphatic carbocycles. The fourth-order valence-corrected chi connectivity index (χ4v) is 1.12. The second-order valence-corrected chi connectivity index (χ2v) is 2.77. The van der Waals surface area contributed by atoms with Gasteiger partial charge in [-0.1, -0.05) is 0 Å². The minimum absolute atomic E-state index is 0.0261. The first-order chi connectivity index (χ1) is 6.55. The number of aliphatic carboxylic acids is 1. The summed E-state index contributed by atoms with van der Waals surface area (Å²) in [4.78, 5) is 31.4. The van der Waals surface area contributed by atoms with E-state index in [2.05, 4.69) is 0 Å². The van der Waals surface area contributed by atoms with E-state index in [1.165, 1.54) is 0 Å². The van der Waals surface area contributed by atoms with Gasteiger partial charge >= 0.3 is 5.97 Å². The second kappa shape index (κ2) is 5.46. The molecule has 0 spiro atoms. The maximum absolute atomic E-state index is 10.9. The van der Waals surface area contributed by atoms with Crippen LogP contribution < -0.4 is 5.73 Å². The van der Waals surface area contributed by atoms with Gasteiger partial charge in [0.1, 0.15) is 18.6 Å². The molecule has 80 valence electrons. The zero-order valence-corrected chi connectivity index (χ0v) is 7.80. The molecule has 0 saturated heterocycles. The number of aldehydes is 2. The maximum atomic E-state index is 10.9. The van der Waals surface area contributed by atoms with Crippen molar-refractivity contribution in [1.82, 2.24) is 0 Å². The molecule has 6 nitrogen and oxygen atoms in total. The lowest BCUT2D eigenvalue weighted by atomic mass is 9.90. The molecular weight excluding hydrogens is 190 g/mol. The number of ether oxygens (including phenoxy) is 1. The van der Waals surface area contributed by atoms with Crippen molar-refractivity contribution in [3.63, 3.8) is 0 Å². The summed E-state index contributed by atoms with van der Waals surface area (Å²) in [7, 11) is 1.14. The van der Waals surface area contributed by atoms with E-state index in [0.717, 1.165) is 7.11 Å². The fourth-order valence-electron chi connectivity index (χ4n) is 1.12. The summed E-state index contributed by atoms with van der Waals surface area (Å²) in [6.45, 7) is 0. The van der Waals surface area contributed by atoms with Crippen LogP contribution in [0.5, 0.6) is 0 Å². The van der Waals surface area contributed by atoms with E-state index in [1.54, 1.807) is 0 Å². The Morgan fingerprint density at radius 3 is 2.50 bits per heavy atom. The summed E-state index contributed by atoms with van der Waals surface area (Å²) in [6.07, 6.45) is 0.695. The summed E-state index contributed by atoms with van der Waals surface area (Å²) in [6, 6.07) is -1.29. The molecule has 3 N–H and O–H groups in total. The third kappa shape index (κ3) is 2.36. The van der Waals surface area contributed by atoms with E-state index in [1.807, 2.05) is 0 Å². The van der Waals surface area contributed by atoms with E-state index < -0.39 is 17.6 Å². The molecule has 0 aliphatic rings. The van der Waals surface area contributed by atoms with Crippen LogP contribution in [-0.4, -0.2) is 42.4 Å². The molecule has 14 heavy (non-hydrogen) atoms. The molecule has 0 saturated carbocycles.